The minimum atomic E-state index is -1.28. The highest BCUT2D eigenvalue weighted by Gasteiger charge is 2.34. The Morgan fingerprint density at radius 3 is 2.47 bits per heavy atom. The first-order valence-electron chi connectivity index (χ1n) is 5.72. The van der Waals surface area contributed by atoms with Crippen LogP contribution in [0.5, 0.6) is 0 Å². The number of aliphatic hydroxyl groups is 1. The molecule has 1 heterocycles. The predicted octanol–water partition coefficient (Wildman–Crippen LogP) is 0.262. The van der Waals surface area contributed by atoms with Gasteiger partial charge in [0.1, 0.15) is 5.54 Å². The quantitative estimate of drug-likeness (QED) is 0.664. The Bertz CT molecular complexity index is 315. The number of aliphatic hydroxyl groups excluding tert-OH is 1. The highest BCUT2D eigenvalue weighted by Crippen LogP contribution is 2.20. The average molecular weight is 244 g/mol. The van der Waals surface area contributed by atoms with Crippen LogP contribution in [-0.4, -0.2) is 51.8 Å². The van der Waals surface area contributed by atoms with Crippen LogP contribution in [0.3, 0.4) is 0 Å². The van der Waals surface area contributed by atoms with Gasteiger partial charge in [-0.1, -0.05) is 0 Å². The number of nitrogens with zero attached hydrogens (tertiary/aromatic N) is 1. The highest BCUT2D eigenvalue weighted by atomic mass is 16.4. The molecule has 2 amide bonds. The summed E-state index contributed by atoms with van der Waals surface area (Å²) in [6.07, 6.45) is 0.304. The van der Waals surface area contributed by atoms with Gasteiger partial charge in [-0.15, -0.1) is 0 Å². The fraction of sp³-hybridized carbons (Fsp3) is 0.818. The molecule has 0 aliphatic carbocycles. The summed E-state index contributed by atoms with van der Waals surface area (Å²) in [5, 5.41) is 20.8. The van der Waals surface area contributed by atoms with E-state index in [0.717, 1.165) is 6.42 Å². The molecule has 2 atom stereocenters. The van der Waals surface area contributed by atoms with Crippen molar-refractivity contribution in [2.45, 2.75) is 38.8 Å². The van der Waals surface area contributed by atoms with Crippen molar-refractivity contribution in [3.8, 4) is 0 Å². The molecular formula is C11H20N2O4. The van der Waals surface area contributed by atoms with Crippen LogP contribution >= 0.6 is 0 Å². The third kappa shape index (κ3) is 3.33. The summed E-state index contributed by atoms with van der Waals surface area (Å²) in [6, 6.07) is -0.388. The number of likely N-dealkylation sites (tertiary alicyclic amines) is 1. The maximum absolute atomic E-state index is 11.8. The normalized spacial score (nSPS) is 22.4. The monoisotopic (exact) mass is 244 g/mol. The molecule has 1 aliphatic rings. The lowest BCUT2D eigenvalue weighted by Gasteiger charge is -2.25. The molecule has 0 radical (unpaired) electrons. The van der Waals surface area contributed by atoms with Crippen molar-refractivity contribution in [1.82, 2.24) is 10.2 Å². The molecule has 1 aliphatic heterocycles. The van der Waals surface area contributed by atoms with E-state index >= 15 is 0 Å². The van der Waals surface area contributed by atoms with Crippen molar-refractivity contribution in [3.05, 3.63) is 0 Å². The maximum Gasteiger partial charge on any atom is 0.328 e. The summed E-state index contributed by atoms with van der Waals surface area (Å²) in [6.45, 7) is 5.61. The van der Waals surface area contributed by atoms with Gasteiger partial charge in [-0.3, -0.25) is 0 Å². The molecule has 17 heavy (non-hydrogen) atoms. The van der Waals surface area contributed by atoms with E-state index in [-0.39, 0.29) is 11.9 Å². The predicted molar refractivity (Wildman–Crippen MR) is 61.6 cm³/mol. The van der Waals surface area contributed by atoms with E-state index in [9.17, 15) is 14.7 Å². The van der Waals surface area contributed by atoms with E-state index in [2.05, 4.69) is 5.32 Å². The van der Waals surface area contributed by atoms with Crippen molar-refractivity contribution >= 4 is 12.0 Å². The van der Waals surface area contributed by atoms with E-state index in [4.69, 9.17) is 5.11 Å². The number of amides is 2. The van der Waals surface area contributed by atoms with Crippen LogP contribution in [0, 0.1) is 5.92 Å². The van der Waals surface area contributed by atoms with Gasteiger partial charge in [-0.05, 0) is 27.2 Å². The second-order valence-corrected chi connectivity index (χ2v) is 5.10. The third-order valence-electron chi connectivity index (χ3n) is 3.15. The Balaban J connectivity index is 2.53. The van der Waals surface area contributed by atoms with E-state index in [1.165, 1.54) is 13.8 Å². The molecule has 0 saturated carbocycles. The lowest BCUT2D eigenvalue weighted by atomic mass is 10.0. The molecule has 0 aromatic rings. The average Bonchev–Trinajstić information content (AvgIpc) is 2.65. The summed E-state index contributed by atoms with van der Waals surface area (Å²) in [5.41, 5.74) is -1.28. The van der Waals surface area contributed by atoms with Gasteiger partial charge in [0.15, 0.2) is 0 Å². The lowest BCUT2D eigenvalue weighted by Crippen LogP contribution is -2.53. The fourth-order valence-electron chi connectivity index (χ4n) is 1.77. The zero-order chi connectivity index (χ0) is 13.2. The number of carbonyl (C=O) groups excluding carboxylic acids is 1. The number of carbonyl (C=O) groups is 2. The molecule has 0 spiro atoms. The second-order valence-electron chi connectivity index (χ2n) is 5.10. The van der Waals surface area contributed by atoms with Crippen LogP contribution in [0.25, 0.3) is 0 Å². The molecule has 98 valence electrons. The van der Waals surface area contributed by atoms with Gasteiger partial charge in [0, 0.05) is 19.0 Å². The van der Waals surface area contributed by atoms with Crippen LogP contribution in [0.1, 0.15) is 27.2 Å². The van der Waals surface area contributed by atoms with Gasteiger partial charge in [-0.2, -0.15) is 0 Å². The first-order valence-corrected chi connectivity index (χ1v) is 5.72. The van der Waals surface area contributed by atoms with Crippen LogP contribution in [0.15, 0.2) is 0 Å². The Labute approximate surface area is 101 Å². The third-order valence-corrected chi connectivity index (χ3v) is 3.15. The highest BCUT2D eigenvalue weighted by molar-refractivity contribution is 5.85. The molecule has 6 heteroatoms. The van der Waals surface area contributed by atoms with Crippen LogP contribution in [-0.2, 0) is 4.79 Å². The van der Waals surface area contributed by atoms with Crippen molar-refractivity contribution in [3.63, 3.8) is 0 Å². The first kappa shape index (κ1) is 13.8. The SMILES string of the molecule is CC(O)C1CCN(C(=O)NC(C)(C)C(=O)O)C1. The van der Waals surface area contributed by atoms with Crippen LogP contribution < -0.4 is 5.32 Å². The Hall–Kier alpha value is -1.30. The summed E-state index contributed by atoms with van der Waals surface area (Å²) in [4.78, 5) is 24.2. The van der Waals surface area contributed by atoms with E-state index in [1.807, 2.05) is 0 Å². The first-order chi connectivity index (χ1) is 7.74. The van der Waals surface area contributed by atoms with E-state index in [0.29, 0.717) is 13.1 Å². The molecule has 0 bridgehead atoms. The molecule has 0 aromatic heterocycles. The summed E-state index contributed by atoms with van der Waals surface area (Å²) in [5.74, 6) is -0.995. The zero-order valence-corrected chi connectivity index (χ0v) is 10.4. The molecule has 1 saturated heterocycles. The Morgan fingerprint density at radius 1 is 1.47 bits per heavy atom. The van der Waals surface area contributed by atoms with Gasteiger partial charge < -0.3 is 20.4 Å². The number of rotatable bonds is 3. The molecule has 6 nitrogen and oxygen atoms in total. The van der Waals surface area contributed by atoms with Crippen molar-refractivity contribution in [2.24, 2.45) is 5.92 Å². The summed E-state index contributed by atoms with van der Waals surface area (Å²) >= 11 is 0. The molecule has 1 rings (SSSR count). The number of carboxylic acid groups (broad SMARTS) is 1. The molecule has 2 unspecified atom stereocenters. The Kier molecular flexibility index (Phi) is 3.98. The van der Waals surface area contributed by atoms with Gasteiger partial charge in [0.05, 0.1) is 6.10 Å². The number of hydrogen-bond donors (Lipinski definition) is 3. The lowest BCUT2D eigenvalue weighted by molar-refractivity contribution is -0.143. The Morgan fingerprint density at radius 2 is 2.06 bits per heavy atom. The number of nitrogens with one attached hydrogen (secondary N) is 1. The standard InChI is InChI=1S/C11H20N2O4/c1-7(14)8-4-5-13(6-8)10(17)12-11(2,3)9(15)16/h7-8,14H,4-6H2,1-3H3,(H,12,17)(H,15,16). The van der Waals surface area contributed by atoms with Gasteiger partial charge >= 0.3 is 12.0 Å². The number of carboxylic acids is 1. The topological polar surface area (TPSA) is 89.9 Å². The van der Waals surface area contributed by atoms with Crippen LogP contribution in [0.4, 0.5) is 4.79 Å². The van der Waals surface area contributed by atoms with Gasteiger partial charge in [0.25, 0.3) is 0 Å². The van der Waals surface area contributed by atoms with Gasteiger partial charge in [0.2, 0.25) is 0 Å². The molecule has 0 aromatic carbocycles. The number of aliphatic carboxylic acids is 1. The van der Waals surface area contributed by atoms with Crippen molar-refractivity contribution in [1.29, 1.82) is 0 Å². The summed E-state index contributed by atoms with van der Waals surface area (Å²) < 4.78 is 0. The van der Waals surface area contributed by atoms with E-state index < -0.39 is 17.6 Å². The minimum absolute atomic E-state index is 0.0775. The molecule has 3 N–H and O–H groups in total. The van der Waals surface area contributed by atoms with E-state index in [1.54, 1.807) is 11.8 Å². The van der Waals surface area contributed by atoms with Crippen LogP contribution in [0.2, 0.25) is 0 Å². The molecular weight excluding hydrogens is 224 g/mol. The molecule has 1 fully saturated rings. The zero-order valence-electron chi connectivity index (χ0n) is 10.4. The van der Waals surface area contributed by atoms with Gasteiger partial charge in [-0.25, -0.2) is 9.59 Å². The minimum Gasteiger partial charge on any atom is -0.480 e. The number of hydrogen-bond acceptors (Lipinski definition) is 3. The van der Waals surface area contributed by atoms with Crippen molar-refractivity contribution in [2.75, 3.05) is 13.1 Å². The smallest absolute Gasteiger partial charge is 0.328 e. The maximum atomic E-state index is 11.8. The number of urea groups is 1. The van der Waals surface area contributed by atoms with Crippen molar-refractivity contribution < 1.29 is 19.8 Å². The summed E-state index contributed by atoms with van der Waals surface area (Å²) in [7, 11) is 0. The largest absolute Gasteiger partial charge is 0.480 e. The second kappa shape index (κ2) is 4.91. The fourth-order valence-corrected chi connectivity index (χ4v) is 1.77.